The van der Waals surface area contributed by atoms with Crippen LogP contribution in [0.25, 0.3) is 0 Å². The number of hydrogen-bond donors (Lipinski definition) is 2. The lowest BCUT2D eigenvalue weighted by Gasteiger charge is -2.05. The lowest BCUT2D eigenvalue weighted by atomic mass is 10.1. The summed E-state index contributed by atoms with van der Waals surface area (Å²) in [6.45, 7) is 0. The maximum Gasteiger partial charge on any atom is 0.181 e. The van der Waals surface area contributed by atoms with Crippen LogP contribution < -0.4 is 5.73 Å². The monoisotopic (exact) mass is 186 g/mol. The van der Waals surface area contributed by atoms with Crippen molar-refractivity contribution in [2.24, 2.45) is 5.73 Å². The second-order valence-corrected chi connectivity index (χ2v) is 2.81. The molecule has 0 aliphatic carbocycles. The predicted molar refractivity (Wildman–Crippen MR) is 47.2 cm³/mol. The summed E-state index contributed by atoms with van der Waals surface area (Å²) in [4.78, 5) is 0. The van der Waals surface area contributed by atoms with Crippen LogP contribution in [0, 0.1) is 5.41 Å². The normalized spacial score (nSPS) is 12.5. The Labute approximate surface area is 74.7 Å². The largest absolute Gasteiger partial charge is 0.385 e. The summed E-state index contributed by atoms with van der Waals surface area (Å²) in [5.41, 5.74) is 5.33. The molecule has 12 heavy (non-hydrogen) atoms. The Bertz CT molecular complexity index is 284. The lowest BCUT2D eigenvalue weighted by Crippen LogP contribution is -2.16. The smallest absolute Gasteiger partial charge is 0.181 e. The van der Waals surface area contributed by atoms with Crippen molar-refractivity contribution in [3.63, 3.8) is 0 Å². The molecule has 1 atom stereocenters. The Morgan fingerprint density at radius 3 is 2.33 bits per heavy atom. The Morgan fingerprint density at radius 2 is 1.92 bits per heavy atom. The Hall–Kier alpha value is -1.09. The summed E-state index contributed by atoms with van der Waals surface area (Å²) in [6.07, 6.45) is -1.53. The zero-order valence-corrected chi connectivity index (χ0v) is 6.98. The van der Waals surface area contributed by atoms with Crippen molar-refractivity contribution in [3.05, 3.63) is 34.9 Å². The number of amidine groups is 1. The number of rotatable bonds is 2. The van der Waals surface area contributed by atoms with Crippen LogP contribution in [0.4, 0.5) is 4.39 Å². The van der Waals surface area contributed by atoms with Gasteiger partial charge in [-0.3, -0.25) is 5.41 Å². The molecule has 0 aliphatic heterocycles. The minimum absolute atomic E-state index is 0.354. The number of nitrogens with two attached hydrogens (primary N) is 1. The number of nitrogens with one attached hydrogen (secondary N) is 1. The van der Waals surface area contributed by atoms with Gasteiger partial charge in [-0.15, -0.1) is 0 Å². The average Bonchev–Trinajstić information content (AvgIpc) is 2.04. The van der Waals surface area contributed by atoms with E-state index >= 15 is 0 Å². The maximum absolute atomic E-state index is 13.0. The molecule has 1 rings (SSSR count). The van der Waals surface area contributed by atoms with E-state index in [1.807, 2.05) is 0 Å². The predicted octanol–water partition coefficient (Wildman–Crippen LogP) is 2.29. The zero-order chi connectivity index (χ0) is 9.14. The van der Waals surface area contributed by atoms with Crippen LogP contribution in [0.1, 0.15) is 11.7 Å². The summed E-state index contributed by atoms with van der Waals surface area (Å²) in [5, 5.41) is 7.40. The van der Waals surface area contributed by atoms with E-state index in [1.165, 1.54) is 12.1 Å². The molecule has 1 unspecified atom stereocenters. The SMILES string of the molecule is N=C(N)C(F)c1ccc(Cl)cc1. The fraction of sp³-hybridized carbons (Fsp3) is 0.125. The fourth-order valence-electron chi connectivity index (χ4n) is 0.811. The highest BCUT2D eigenvalue weighted by Crippen LogP contribution is 2.18. The van der Waals surface area contributed by atoms with Crippen molar-refractivity contribution in [1.29, 1.82) is 5.41 Å². The van der Waals surface area contributed by atoms with E-state index in [1.54, 1.807) is 12.1 Å². The third-order valence-corrected chi connectivity index (χ3v) is 1.69. The van der Waals surface area contributed by atoms with Crippen molar-refractivity contribution < 1.29 is 4.39 Å². The molecule has 0 aliphatic rings. The number of hydrogen-bond acceptors (Lipinski definition) is 1. The first-order valence-electron chi connectivity index (χ1n) is 3.34. The third-order valence-electron chi connectivity index (χ3n) is 1.44. The van der Waals surface area contributed by atoms with Crippen LogP contribution in [-0.4, -0.2) is 5.84 Å². The molecule has 0 saturated carbocycles. The standard InChI is InChI=1S/C8H8ClFN2/c9-6-3-1-5(2-4-6)7(10)8(11)12/h1-4,7H,(H3,11,12). The molecule has 1 aromatic carbocycles. The van der Waals surface area contributed by atoms with Gasteiger partial charge in [0.2, 0.25) is 0 Å². The Morgan fingerprint density at radius 1 is 1.42 bits per heavy atom. The van der Waals surface area contributed by atoms with Crippen LogP contribution in [-0.2, 0) is 0 Å². The van der Waals surface area contributed by atoms with E-state index in [9.17, 15) is 4.39 Å². The van der Waals surface area contributed by atoms with E-state index in [4.69, 9.17) is 22.7 Å². The van der Waals surface area contributed by atoms with Gasteiger partial charge in [-0.2, -0.15) is 0 Å². The van der Waals surface area contributed by atoms with Gasteiger partial charge in [0.25, 0.3) is 0 Å². The molecule has 1 aromatic rings. The highest BCUT2D eigenvalue weighted by molar-refractivity contribution is 6.30. The fourth-order valence-corrected chi connectivity index (χ4v) is 0.937. The molecule has 0 amide bonds. The van der Waals surface area contributed by atoms with E-state index in [2.05, 4.69) is 0 Å². The first-order chi connectivity index (χ1) is 5.61. The number of benzene rings is 1. The summed E-state index contributed by atoms with van der Waals surface area (Å²) >= 11 is 5.59. The van der Waals surface area contributed by atoms with E-state index in [-0.39, 0.29) is 0 Å². The van der Waals surface area contributed by atoms with Crippen molar-refractivity contribution >= 4 is 17.4 Å². The molecule has 0 fully saturated rings. The molecule has 0 spiro atoms. The molecule has 0 heterocycles. The highest BCUT2D eigenvalue weighted by atomic mass is 35.5. The van der Waals surface area contributed by atoms with Gasteiger partial charge >= 0.3 is 0 Å². The van der Waals surface area contributed by atoms with E-state index in [0.29, 0.717) is 10.6 Å². The van der Waals surface area contributed by atoms with E-state index in [0.717, 1.165) is 0 Å². The van der Waals surface area contributed by atoms with Crippen LogP contribution >= 0.6 is 11.6 Å². The molecule has 0 aromatic heterocycles. The Kier molecular flexibility index (Phi) is 2.65. The maximum atomic E-state index is 13.0. The molecule has 2 nitrogen and oxygen atoms in total. The van der Waals surface area contributed by atoms with Gasteiger partial charge in [0.15, 0.2) is 6.17 Å². The van der Waals surface area contributed by atoms with Crippen LogP contribution in [0.15, 0.2) is 24.3 Å². The first kappa shape index (κ1) is 9.00. The second kappa shape index (κ2) is 3.54. The summed E-state index contributed by atoms with van der Waals surface area (Å²) < 4.78 is 13.0. The topological polar surface area (TPSA) is 49.9 Å². The van der Waals surface area contributed by atoms with Gasteiger partial charge in [0.1, 0.15) is 5.84 Å². The molecular formula is C8H8ClFN2. The van der Waals surface area contributed by atoms with Gasteiger partial charge in [0, 0.05) is 5.02 Å². The third kappa shape index (κ3) is 1.95. The quantitative estimate of drug-likeness (QED) is 0.540. The highest BCUT2D eigenvalue weighted by Gasteiger charge is 2.11. The molecule has 64 valence electrons. The van der Waals surface area contributed by atoms with Crippen LogP contribution in [0.3, 0.4) is 0 Å². The second-order valence-electron chi connectivity index (χ2n) is 2.37. The average molecular weight is 187 g/mol. The lowest BCUT2D eigenvalue weighted by molar-refractivity contribution is 0.435. The number of halogens is 2. The number of alkyl halides is 1. The first-order valence-corrected chi connectivity index (χ1v) is 3.72. The van der Waals surface area contributed by atoms with Gasteiger partial charge in [-0.1, -0.05) is 23.7 Å². The molecule has 0 radical (unpaired) electrons. The van der Waals surface area contributed by atoms with Crippen molar-refractivity contribution in [2.45, 2.75) is 6.17 Å². The van der Waals surface area contributed by atoms with Crippen molar-refractivity contribution in [3.8, 4) is 0 Å². The minimum Gasteiger partial charge on any atom is -0.385 e. The summed E-state index contributed by atoms with van der Waals surface area (Å²) in [6, 6.07) is 6.14. The molecule has 3 N–H and O–H groups in total. The van der Waals surface area contributed by atoms with Crippen molar-refractivity contribution in [2.75, 3.05) is 0 Å². The molecular weight excluding hydrogens is 179 g/mol. The summed E-state index contributed by atoms with van der Waals surface area (Å²) in [7, 11) is 0. The Balaban J connectivity index is 2.89. The van der Waals surface area contributed by atoms with E-state index < -0.39 is 12.0 Å². The summed E-state index contributed by atoms with van der Waals surface area (Å²) in [5.74, 6) is -0.489. The van der Waals surface area contributed by atoms with Gasteiger partial charge < -0.3 is 5.73 Å². The van der Waals surface area contributed by atoms with Crippen LogP contribution in [0.5, 0.6) is 0 Å². The van der Waals surface area contributed by atoms with Gasteiger partial charge in [0.05, 0.1) is 0 Å². The zero-order valence-electron chi connectivity index (χ0n) is 6.22. The molecule has 0 saturated heterocycles. The van der Waals surface area contributed by atoms with Gasteiger partial charge in [-0.25, -0.2) is 4.39 Å². The molecule has 4 heteroatoms. The van der Waals surface area contributed by atoms with Crippen LogP contribution in [0.2, 0.25) is 5.02 Å². The minimum atomic E-state index is -1.53. The molecule has 0 bridgehead atoms. The van der Waals surface area contributed by atoms with Gasteiger partial charge in [-0.05, 0) is 17.7 Å². The van der Waals surface area contributed by atoms with Crippen molar-refractivity contribution in [1.82, 2.24) is 0 Å².